The summed E-state index contributed by atoms with van der Waals surface area (Å²) in [7, 11) is 1.86. The van der Waals surface area contributed by atoms with Gasteiger partial charge in [0.1, 0.15) is 6.61 Å². The van der Waals surface area contributed by atoms with Crippen LogP contribution in [-0.4, -0.2) is 12.0 Å². The van der Waals surface area contributed by atoms with E-state index in [4.69, 9.17) is 16.3 Å². The van der Waals surface area contributed by atoms with Gasteiger partial charge in [-0.3, -0.25) is 0 Å². The topological polar surface area (TPSA) is 34.2 Å². The highest BCUT2D eigenvalue weighted by Gasteiger charge is 2.04. The predicted molar refractivity (Wildman–Crippen MR) is 72.8 cm³/mol. The zero-order valence-corrected chi connectivity index (χ0v) is 10.9. The second-order valence-electron chi connectivity index (χ2n) is 3.88. The number of halogens is 1. The van der Waals surface area contributed by atoms with Crippen molar-refractivity contribution in [1.82, 2.24) is 10.3 Å². The number of pyridine rings is 1. The normalized spacial score (nSPS) is 10.3. The van der Waals surface area contributed by atoms with Crippen LogP contribution in [-0.2, 0) is 13.2 Å². The van der Waals surface area contributed by atoms with Crippen LogP contribution in [0.3, 0.4) is 0 Å². The highest BCUT2D eigenvalue weighted by molar-refractivity contribution is 6.31. The maximum atomic E-state index is 6.03. The molecule has 0 amide bonds. The summed E-state index contributed by atoms with van der Waals surface area (Å²) in [4.78, 5) is 4.36. The lowest BCUT2D eigenvalue weighted by Crippen LogP contribution is -2.08. The van der Waals surface area contributed by atoms with E-state index in [1.54, 1.807) is 6.07 Å². The van der Waals surface area contributed by atoms with Gasteiger partial charge >= 0.3 is 0 Å². The van der Waals surface area contributed by atoms with Gasteiger partial charge in [0.25, 0.3) is 0 Å². The number of nitrogens with one attached hydrogen (secondary N) is 1. The van der Waals surface area contributed by atoms with Crippen LogP contribution >= 0.6 is 11.6 Å². The molecule has 3 nitrogen and oxygen atoms in total. The SMILES string of the molecule is CNCc1nc(OCc2ccccc2)ccc1Cl. The number of rotatable bonds is 5. The first kappa shape index (κ1) is 12.9. The summed E-state index contributed by atoms with van der Waals surface area (Å²) in [5.74, 6) is 0.591. The first-order valence-corrected chi connectivity index (χ1v) is 6.14. The Labute approximate surface area is 112 Å². The largest absolute Gasteiger partial charge is 0.473 e. The predicted octanol–water partition coefficient (Wildman–Crippen LogP) is 3.03. The van der Waals surface area contributed by atoms with Gasteiger partial charge in [-0.15, -0.1) is 0 Å². The van der Waals surface area contributed by atoms with E-state index in [0.717, 1.165) is 11.3 Å². The molecule has 0 bridgehead atoms. The molecule has 2 rings (SSSR count). The van der Waals surface area contributed by atoms with Gasteiger partial charge < -0.3 is 10.1 Å². The Hall–Kier alpha value is -1.58. The Morgan fingerprint density at radius 3 is 2.67 bits per heavy atom. The van der Waals surface area contributed by atoms with Crippen LogP contribution < -0.4 is 10.1 Å². The van der Waals surface area contributed by atoms with Gasteiger partial charge in [-0.2, -0.15) is 0 Å². The number of aromatic nitrogens is 1. The van der Waals surface area contributed by atoms with Crippen molar-refractivity contribution in [1.29, 1.82) is 0 Å². The quantitative estimate of drug-likeness (QED) is 0.899. The van der Waals surface area contributed by atoms with Crippen LogP contribution in [0.5, 0.6) is 5.88 Å². The molecular weight excluding hydrogens is 248 g/mol. The molecule has 2 aromatic rings. The molecular formula is C14H15ClN2O. The zero-order valence-electron chi connectivity index (χ0n) is 10.2. The molecule has 1 N–H and O–H groups in total. The van der Waals surface area contributed by atoms with Crippen molar-refractivity contribution in [2.75, 3.05) is 7.05 Å². The molecule has 0 saturated heterocycles. The first-order valence-electron chi connectivity index (χ1n) is 5.76. The molecule has 0 fully saturated rings. The van der Waals surface area contributed by atoms with Crippen LogP contribution in [0.2, 0.25) is 5.02 Å². The minimum Gasteiger partial charge on any atom is -0.473 e. The van der Waals surface area contributed by atoms with Gasteiger partial charge in [0.05, 0.1) is 10.7 Å². The maximum Gasteiger partial charge on any atom is 0.213 e. The minimum atomic E-state index is 0.508. The molecule has 0 radical (unpaired) electrons. The van der Waals surface area contributed by atoms with Crippen molar-refractivity contribution < 1.29 is 4.74 Å². The summed E-state index contributed by atoms with van der Waals surface area (Å²) in [6.45, 7) is 1.13. The average molecular weight is 263 g/mol. The highest BCUT2D eigenvalue weighted by atomic mass is 35.5. The van der Waals surface area contributed by atoms with E-state index in [0.29, 0.717) is 24.1 Å². The molecule has 94 valence electrons. The minimum absolute atomic E-state index is 0.508. The number of benzene rings is 1. The fourth-order valence-electron chi connectivity index (χ4n) is 1.57. The second kappa shape index (κ2) is 6.38. The summed E-state index contributed by atoms with van der Waals surface area (Å²) in [5.41, 5.74) is 1.91. The molecule has 18 heavy (non-hydrogen) atoms. The molecule has 0 atom stereocenters. The number of hydrogen-bond acceptors (Lipinski definition) is 3. The molecule has 0 aliphatic carbocycles. The zero-order chi connectivity index (χ0) is 12.8. The van der Waals surface area contributed by atoms with E-state index in [1.165, 1.54) is 0 Å². The molecule has 1 aromatic carbocycles. The molecule has 1 aromatic heterocycles. The maximum absolute atomic E-state index is 6.03. The molecule has 0 spiro atoms. The second-order valence-corrected chi connectivity index (χ2v) is 4.29. The molecule has 0 aliphatic heterocycles. The Balaban J connectivity index is 2.03. The third-order valence-corrected chi connectivity index (χ3v) is 2.81. The molecule has 0 saturated carbocycles. The first-order chi connectivity index (χ1) is 8.79. The van der Waals surface area contributed by atoms with Crippen molar-refractivity contribution in [2.24, 2.45) is 0 Å². The lowest BCUT2D eigenvalue weighted by atomic mass is 10.2. The van der Waals surface area contributed by atoms with Gasteiger partial charge in [-0.25, -0.2) is 4.98 Å². The Kier molecular flexibility index (Phi) is 4.56. The number of ether oxygens (including phenoxy) is 1. The van der Waals surface area contributed by atoms with E-state index in [2.05, 4.69) is 10.3 Å². The van der Waals surface area contributed by atoms with Crippen LogP contribution in [0, 0.1) is 0 Å². The number of hydrogen-bond donors (Lipinski definition) is 1. The van der Waals surface area contributed by atoms with Crippen molar-refractivity contribution in [3.8, 4) is 5.88 Å². The number of nitrogens with zero attached hydrogens (tertiary/aromatic N) is 1. The van der Waals surface area contributed by atoms with Gasteiger partial charge in [-0.05, 0) is 18.7 Å². The fourth-order valence-corrected chi connectivity index (χ4v) is 1.74. The van der Waals surface area contributed by atoms with Gasteiger partial charge in [0, 0.05) is 12.6 Å². The van der Waals surface area contributed by atoms with E-state index in [1.807, 2.05) is 43.4 Å². The Bertz CT molecular complexity index is 502. The van der Waals surface area contributed by atoms with E-state index < -0.39 is 0 Å². The van der Waals surface area contributed by atoms with Crippen molar-refractivity contribution in [3.63, 3.8) is 0 Å². The van der Waals surface area contributed by atoms with Crippen molar-refractivity contribution in [2.45, 2.75) is 13.2 Å². The van der Waals surface area contributed by atoms with E-state index in [-0.39, 0.29) is 0 Å². The molecule has 1 heterocycles. The molecule has 0 aliphatic rings. The third kappa shape index (κ3) is 3.45. The lowest BCUT2D eigenvalue weighted by molar-refractivity contribution is 0.293. The summed E-state index contributed by atoms with van der Waals surface area (Å²) in [5, 5.41) is 3.67. The average Bonchev–Trinajstić information content (AvgIpc) is 2.41. The fraction of sp³-hybridized carbons (Fsp3) is 0.214. The standard InChI is InChI=1S/C14H15ClN2O/c1-16-9-13-12(15)7-8-14(17-13)18-10-11-5-3-2-4-6-11/h2-8,16H,9-10H2,1H3. The summed E-state index contributed by atoms with van der Waals surface area (Å²) >= 11 is 6.03. The Morgan fingerprint density at radius 2 is 1.94 bits per heavy atom. The van der Waals surface area contributed by atoms with Crippen LogP contribution in [0.1, 0.15) is 11.3 Å². The highest BCUT2D eigenvalue weighted by Crippen LogP contribution is 2.18. The molecule has 4 heteroatoms. The molecule has 0 unspecified atom stereocenters. The summed E-state index contributed by atoms with van der Waals surface area (Å²) in [6, 6.07) is 13.6. The monoisotopic (exact) mass is 262 g/mol. The Morgan fingerprint density at radius 1 is 1.17 bits per heavy atom. The summed E-state index contributed by atoms with van der Waals surface area (Å²) < 4.78 is 5.64. The van der Waals surface area contributed by atoms with E-state index in [9.17, 15) is 0 Å². The summed E-state index contributed by atoms with van der Waals surface area (Å²) in [6.07, 6.45) is 0. The third-order valence-electron chi connectivity index (χ3n) is 2.47. The van der Waals surface area contributed by atoms with E-state index >= 15 is 0 Å². The van der Waals surface area contributed by atoms with Crippen LogP contribution in [0.15, 0.2) is 42.5 Å². The van der Waals surface area contributed by atoms with Crippen molar-refractivity contribution in [3.05, 3.63) is 58.7 Å². The lowest BCUT2D eigenvalue weighted by Gasteiger charge is -2.08. The van der Waals surface area contributed by atoms with Gasteiger partial charge in [-0.1, -0.05) is 41.9 Å². The van der Waals surface area contributed by atoms with Crippen molar-refractivity contribution >= 4 is 11.6 Å². The van der Waals surface area contributed by atoms with Gasteiger partial charge in [0.2, 0.25) is 5.88 Å². The van der Waals surface area contributed by atoms with Gasteiger partial charge in [0.15, 0.2) is 0 Å². The smallest absolute Gasteiger partial charge is 0.213 e. The van der Waals surface area contributed by atoms with Crippen LogP contribution in [0.25, 0.3) is 0 Å². The van der Waals surface area contributed by atoms with Crippen LogP contribution in [0.4, 0.5) is 0 Å².